The van der Waals surface area contributed by atoms with Crippen LogP contribution in [0.25, 0.3) is 11.2 Å². The summed E-state index contributed by atoms with van der Waals surface area (Å²) in [6.45, 7) is 5.31. The molecule has 0 spiro atoms. The molecule has 3 aromatic rings. The van der Waals surface area contributed by atoms with Crippen LogP contribution in [0.5, 0.6) is 0 Å². The van der Waals surface area contributed by atoms with Crippen molar-refractivity contribution in [1.82, 2.24) is 24.4 Å². The quantitative estimate of drug-likeness (QED) is 0.338. The van der Waals surface area contributed by atoms with Crippen molar-refractivity contribution in [2.75, 3.05) is 0 Å². The number of unbranched alkanes of at least 4 members (excludes halogenated alkanes) is 3. The molecule has 0 bridgehead atoms. The molecule has 8 nitrogen and oxygen atoms in total. The van der Waals surface area contributed by atoms with Crippen molar-refractivity contribution in [3.8, 4) is 0 Å². The number of nitrogens with zero attached hydrogens (tertiary/aromatic N) is 3. The number of halogens is 1. The van der Waals surface area contributed by atoms with Crippen molar-refractivity contribution in [3.05, 3.63) is 61.5 Å². The molecule has 0 aliphatic heterocycles. The Hall–Kier alpha value is -2.87. The minimum absolute atomic E-state index is 0.0503. The number of aromatic nitrogens is 4. The zero-order valence-electron chi connectivity index (χ0n) is 18.6. The summed E-state index contributed by atoms with van der Waals surface area (Å²) in [6, 6.07) is 8.01. The van der Waals surface area contributed by atoms with Gasteiger partial charge in [-0.15, -0.1) is 0 Å². The minimum Gasteiger partial charge on any atom is -0.352 e. The third kappa shape index (κ3) is 5.88. The Balaban J connectivity index is 1.60. The minimum atomic E-state index is -0.431. The molecular formula is C23H30ClN5O3. The molecule has 0 unspecified atom stereocenters. The van der Waals surface area contributed by atoms with Crippen molar-refractivity contribution in [2.45, 2.75) is 72.0 Å². The fourth-order valence-corrected chi connectivity index (χ4v) is 3.78. The Morgan fingerprint density at radius 2 is 1.75 bits per heavy atom. The summed E-state index contributed by atoms with van der Waals surface area (Å²) in [7, 11) is 0. The van der Waals surface area contributed by atoms with Crippen LogP contribution < -0.4 is 16.6 Å². The fraction of sp³-hybridized carbons (Fsp3) is 0.478. The lowest BCUT2D eigenvalue weighted by atomic mass is 10.1. The molecule has 0 saturated carbocycles. The molecule has 0 radical (unpaired) electrons. The first-order valence-corrected chi connectivity index (χ1v) is 11.5. The number of benzene rings is 1. The van der Waals surface area contributed by atoms with Crippen molar-refractivity contribution < 1.29 is 4.79 Å². The summed E-state index contributed by atoms with van der Waals surface area (Å²) < 4.78 is 2.73. The van der Waals surface area contributed by atoms with Gasteiger partial charge in [0.05, 0.1) is 0 Å². The van der Waals surface area contributed by atoms with Gasteiger partial charge in [-0.25, -0.2) is 4.79 Å². The molecule has 172 valence electrons. The summed E-state index contributed by atoms with van der Waals surface area (Å²) >= 11 is 5.96. The van der Waals surface area contributed by atoms with E-state index in [1.807, 2.05) is 31.2 Å². The second-order valence-electron chi connectivity index (χ2n) is 8.04. The van der Waals surface area contributed by atoms with E-state index in [2.05, 4.69) is 22.2 Å². The molecule has 0 fully saturated rings. The number of aryl methyl sites for hydroxylation is 2. The van der Waals surface area contributed by atoms with Crippen molar-refractivity contribution >= 4 is 28.7 Å². The maximum atomic E-state index is 13.0. The molecule has 2 N–H and O–H groups in total. The third-order valence-electron chi connectivity index (χ3n) is 5.46. The van der Waals surface area contributed by atoms with Crippen LogP contribution in [0.3, 0.4) is 0 Å². The van der Waals surface area contributed by atoms with E-state index in [1.54, 1.807) is 0 Å². The van der Waals surface area contributed by atoms with Crippen LogP contribution in [0.4, 0.5) is 0 Å². The highest BCUT2D eigenvalue weighted by atomic mass is 35.5. The largest absolute Gasteiger partial charge is 0.352 e. The van der Waals surface area contributed by atoms with Gasteiger partial charge in [0.1, 0.15) is 0 Å². The van der Waals surface area contributed by atoms with Crippen LogP contribution in [0.1, 0.15) is 56.6 Å². The van der Waals surface area contributed by atoms with E-state index in [9.17, 15) is 14.4 Å². The van der Waals surface area contributed by atoms with Crippen LogP contribution in [-0.2, 0) is 24.4 Å². The van der Waals surface area contributed by atoms with Gasteiger partial charge in [-0.05, 0) is 43.4 Å². The van der Waals surface area contributed by atoms with E-state index >= 15 is 0 Å². The van der Waals surface area contributed by atoms with Crippen LogP contribution in [0.15, 0.2) is 33.9 Å². The van der Waals surface area contributed by atoms with E-state index in [-0.39, 0.29) is 28.9 Å². The van der Waals surface area contributed by atoms with E-state index in [0.29, 0.717) is 38.0 Å². The molecule has 0 saturated heterocycles. The number of carbonyl (C=O) groups excluding carboxylic acids is 1. The predicted molar refractivity (Wildman–Crippen MR) is 126 cm³/mol. The van der Waals surface area contributed by atoms with Gasteiger partial charge in [0.25, 0.3) is 5.56 Å². The van der Waals surface area contributed by atoms with Gasteiger partial charge in [-0.2, -0.15) is 4.98 Å². The normalized spacial score (nSPS) is 11.2. The second kappa shape index (κ2) is 11.1. The first kappa shape index (κ1) is 23.8. The van der Waals surface area contributed by atoms with Crippen LogP contribution in [-0.4, -0.2) is 25.0 Å². The monoisotopic (exact) mass is 459 g/mol. The molecular weight excluding hydrogens is 430 g/mol. The number of H-pyrrole nitrogens is 1. The van der Waals surface area contributed by atoms with Gasteiger partial charge in [0.15, 0.2) is 11.2 Å². The smallest absolute Gasteiger partial charge is 0.332 e. The molecule has 0 aliphatic carbocycles. The Morgan fingerprint density at radius 3 is 2.47 bits per heavy atom. The number of hydrogen-bond acceptors (Lipinski definition) is 4. The number of nitrogens with one attached hydrogen (secondary N) is 2. The van der Waals surface area contributed by atoms with Gasteiger partial charge in [0.2, 0.25) is 11.2 Å². The number of carbonyl (C=O) groups is 1. The number of fused-ring (bicyclic) bond motifs is 1. The SMILES string of the molecule is CCCCCn1c(=O)n(CCCCC(=O)NCc2ccc(C)cc2)c(=O)c2[nH]c(Cl)nc21. The van der Waals surface area contributed by atoms with Crippen molar-refractivity contribution in [2.24, 2.45) is 0 Å². The number of aromatic amines is 1. The predicted octanol–water partition coefficient (Wildman–Crippen LogP) is 3.53. The number of amides is 1. The molecule has 2 heterocycles. The lowest BCUT2D eigenvalue weighted by molar-refractivity contribution is -0.121. The Labute approximate surface area is 191 Å². The zero-order chi connectivity index (χ0) is 23.1. The highest BCUT2D eigenvalue weighted by Gasteiger charge is 2.16. The summed E-state index contributed by atoms with van der Waals surface area (Å²) in [6.07, 6.45) is 4.26. The molecule has 1 amide bonds. The summed E-state index contributed by atoms with van der Waals surface area (Å²) in [5.41, 5.74) is 1.95. The van der Waals surface area contributed by atoms with E-state index in [1.165, 1.54) is 14.7 Å². The molecule has 2 aromatic heterocycles. The van der Waals surface area contributed by atoms with Gasteiger partial charge in [0, 0.05) is 26.1 Å². The summed E-state index contributed by atoms with van der Waals surface area (Å²) in [5.74, 6) is -0.0503. The van der Waals surface area contributed by atoms with Gasteiger partial charge >= 0.3 is 5.69 Å². The standard InChI is InChI=1S/C23H30ClN5O3/c1-3-4-6-13-28-20-19(26-22(24)27-20)21(31)29(23(28)32)14-7-5-8-18(30)25-15-17-11-9-16(2)10-12-17/h9-12H,3-8,13-15H2,1-2H3,(H,25,30)(H,26,27). The zero-order valence-corrected chi connectivity index (χ0v) is 19.4. The molecule has 32 heavy (non-hydrogen) atoms. The molecule has 0 aliphatic rings. The summed E-state index contributed by atoms with van der Waals surface area (Å²) in [5, 5.41) is 2.99. The number of hydrogen-bond donors (Lipinski definition) is 2. The van der Waals surface area contributed by atoms with E-state index in [0.717, 1.165) is 24.8 Å². The first-order valence-electron chi connectivity index (χ1n) is 11.1. The van der Waals surface area contributed by atoms with Gasteiger partial charge in [-0.3, -0.25) is 18.7 Å². The number of imidazole rings is 1. The van der Waals surface area contributed by atoms with Crippen LogP contribution in [0.2, 0.25) is 5.28 Å². The maximum absolute atomic E-state index is 13.0. The number of rotatable bonds is 11. The lowest BCUT2D eigenvalue weighted by Crippen LogP contribution is -2.40. The lowest BCUT2D eigenvalue weighted by Gasteiger charge is -2.11. The van der Waals surface area contributed by atoms with Gasteiger partial charge in [-0.1, -0.05) is 49.6 Å². The second-order valence-corrected chi connectivity index (χ2v) is 8.40. The summed E-state index contributed by atoms with van der Waals surface area (Å²) in [4.78, 5) is 44.8. The average Bonchev–Trinajstić information content (AvgIpc) is 3.16. The van der Waals surface area contributed by atoms with Crippen LogP contribution >= 0.6 is 11.6 Å². The highest BCUT2D eigenvalue weighted by Crippen LogP contribution is 2.11. The molecule has 9 heteroatoms. The maximum Gasteiger partial charge on any atom is 0.332 e. The molecule has 0 atom stereocenters. The van der Waals surface area contributed by atoms with E-state index in [4.69, 9.17) is 11.6 Å². The molecule has 3 rings (SSSR count). The van der Waals surface area contributed by atoms with Crippen LogP contribution in [0, 0.1) is 6.92 Å². The Kier molecular flexibility index (Phi) is 8.27. The van der Waals surface area contributed by atoms with Crippen molar-refractivity contribution in [3.63, 3.8) is 0 Å². The average molecular weight is 460 g/mol. The Morgan fingerprint density at radius 1 is 1.06 bits per heavy atom. The first-order chi connectivity index (χ1) is 15.4. The highest BCUT2D eigenvalue weighted by molar-refractivity contribution is 6.28. The van der Waals surface area contributed by atoms with Crippen molar-refractivity contribution in [1.29, 1.82) is 0 Å². The topological polar surface area (TPSA) is 102 Å². The fourth-order valence-electron chi connectivity index (χ4n) is 3.61. The van der Waals surface area contributed by atoms with Gasteiger partial charge < -0.3 is 10.3 Å². The molecule has 1 aromatic carbocycles. The Bertz CT molecular complexity index is 1180. The van der Waals surface area contributed by atoms with E-state index < -0.39 is 5.56 Å². The third-order valence-corrected chi connectivity index (χ3v) is 5.64.